The van der Waals surface area contributed by atoms with Crippen LogP contribution in [0.25, 0.3) is 32.5 Å². The predicted molar refractivity (Wildman–Crippen MR) is 178 cm³/mol. The molecule has 2 amide bonds. The summed E-state index contributed by atoms with van der Waals surface area (Å²) in [4.78, 5) is 45.7. The molecule has 12 nitrogen and oxygen atoms in total. The van der Waals surface area contributed by atoms with Crippen LogP contribution in [0.1, 0.15) is 38.5 Å². The first-order valence-corrected chi connectivity index (χ1v) is 17.1. The zero-order chi connectivity index (χ0) is 31.8. The fourth-order valence-corrected chi connectivity index (χ4v) is 7.72. The molecule has 0 unspecified atom stereocenters. The number of aromatic nitrogens is 4. The molecule has 3 fully saturated rings. The van der Waals surface area contributed by atoms with E-state index < -0.39 is 5.60 Å². The van der Waals surface area contributed by atoms with Gasteiger partial charge in [-0.25, -0.2) is 14.8 Å². The number of aromatic amines is 1. The maximum atomic E-state index is 13.4. The van der Waals surface area contributed by atoms with Gasteiger partial charge in [-0.2, -0.15) is 5.10 Å². The Morgan fingerprint density at radius 3 is 2.48 bits per heavy atom. The lowest BCUT2D eigenvalue weighted by molar-refractivity contribution is -0.138. The first kappa shape index (κ1) is 30.8. The van der Waals surface area contributed by atoms with E-state index in [9.17, 15) is 9.59 Å². The third kappa shape index (κ3) is 6.53. The Morgan fingerprint density at radius 1 is 1.00 bits per heavy atom. The fraction of sp³-hybridized carbons (Fsp3) is 0.545. The molecule has 3 aliphatic heterocycles. The highest BCUT2D eigenvalue weighted by Crippen LogP contribution is 2.37. The lowest BCUT2D eigenvalue weighted by Crippen LogP contribution is -2.53. The highest BCUT2D eigenvalue weighted by atomic mass is 32.1. The van der Waals surface area contributed by atoms with Gasteiger partial charge in [-0.05, 0) is 58.8 Å². The Balaban J connectivity index is 1.01. The van der Waals surface area contributed by atoms with Gasteiger partial charge >= 0.3 is 6.09 Å². The van der Waals surface area contributed by atoms with E-state index in [4.69, 9.17) is 19.4 Å². The first-order valence-electron chi connectivity index (χ1n) is 16.3. The number of nitrogens with zero attached hydrogens (tertiary/aromatic N) is 7. The molecular formula is C33H42N8O4S. The van der Waals surface area contributed by atoms with Gasteiger partial charge in [0.05, 0.1) is 35.1 Å². The number of piperazine rings is 1. The van der Waals surface area contributed by atoms with Gasteiger partial charge in [-0.3, -0.25) is 14.8 Å². The van der Waals surface area contributed by atoms with Gasteiger partial charge < -0.3 is 24.2 Å². The molecular weight excluding hydrogens is 604 g/mol. The second-order valence-corrected chi connectivity index (χ2v) is 14.5. The van der Waals surface area contributed by atoms with Crippen molar-refractivity contribution in [2.75, 3.05) is 70.5 Å². The highest BCUT2D eigenvalue weighted by Gasteiger charge is 2.33. The molecule has 46 heavy (non-hydrogen) atoms. The van der Waals surface area contributed by atoms with Gasteiger partial charge in [-0.1, -0.05) is 12.1 Å². The molecule has 1 aromatic carbocycles. The summed E-state index contributed by atoms with van der Waals surface area (Å²) in [5, 5.41) is 8.30. The normalized spacial score (nSPS) is 18.9. The van der Waals surface area contributed by atoms with Crippen LogP contribution < -0.4 is 4.90 Å². The third-order valence-corrected chi connectivity index (χ3v) is 10.1. The predicted octanol–water partition coefficient (Wildman–Crippen LogP) is 4.36. The number of benzene rings is 1. The van der Waals surface area contributed by atoms with Crippen molar-refractivity contribution in [1.82, 2.24) is 34.9 Å². The Kier molecular flexibility index (Phi) is 8.55. The topological polar surface area (TPSA) is 120 Å². The second kappa shape index (κ2) is 12.8. The van der Waals surface area contributed by atoms with Gasteiger partial charge in [0, 0.05) is 67.6 Å². The van der Waals surface area contributed by atoms with Crippen molar-refractivity contribution in [2.24, 2.45) is 5.92 Å². The fourth-order valence-electron chi connectivity index (χ4n) is 6.57. The molecule has 0 spiro atoms. The van der Waals surface area contributed by atoms with Crippen molar-refractivity contribution in [3.8, 4) is 11.4 Å². The van der Waals surface area contributed by atoms with Crippen LogP contribution in [0, 0.1) is 5.92 Å². The van der Waals surface area contributed by atoms with E-state index in [1.165, 1.54) is 4.88 Å². The van der Waals surface area contributed by atoms with E-state index in [0.29, 0.717) is 45.2 Å². The summed E-state index contributed by atoms with van der Waals surface area (Å²) in [6.45, 7) is 13.3. The molecule has 13 heteroatoms. The molecule has 3 aliphatic rings. The summed E-state index contributed by atoms with van der Waals surface area (Å²) in [7, 11) is 0. The van der Waals surface area contributed by atoms with Gasteiger partial charge in [0.1, 0.15) is 5.60 Å². The summed E-state index contributed by atoms with van der Waals surface area (Å²) in [5.74, 6) is 1.92. The Labute approximate surface area is 272 Å². The molecule has 0 bridgehead atoms. The van der Waals surface area contributed by atoms with Crippen LogP contribution in [0.4, 0.5) is 10.6 Å². The largest absolute Gasteiger partial charge is 0.444 e. The van der Waals surface area contributed by atoms with Crippen LogP contribution in [0.5, 0.6) is 0 Å². The van der Waals surface area contributed by atoms with Crippen LogP contribution in [0.15, 0.2) is 30.5 Å². The van der Waals surface area contributed by atoms with Crippen LogP contribution in [0.2, 0.25) is 0 Å². The number of rotatable bonds is 5. The monoisotopic (exact) mass is 646 g/mol. The number of piperidine rings is 1. The molecule has 0 radical (unpaired) electrons. The maximum absolute atomic E-state index is 13.4. The standard InChI is InChI=1S/C33H42N8O4S/c1-33(2,3)45-32(43)41-13-11-40(12-14-41)31(42)22-7-9-38(10-8-22)21-23-19-27-28(46-23)30(39-15-17-44-18-16-39)36-29(35-27)24-5-4-6-26-25(24)20-34-37-26/h4-6,19-20,22H,7-18,21H2,1-3H3,(H,34,37). The Hall–Kier alpha value is -3.81. The molecule has 1 N–H and O–H groups in total. The zero-order valence-corrected chi connectivity index (χ0v) is 27.6. The molecule has 0 saturated carbocycles. The van der Waals surface area contributed by atoms with Crippen molar-refractivity contribution >= 4 is 50.3 Å². The molecule has 7 rings (SSSR count). The Bertz CT molecular complexity index is 1710. The maximum Gasteiger partial charge on any atom is 0.410 e. The molecule has 4 aromatic rings. The van der Waals surface area contributed by atoms with E-state index in [2.05, 4.69) is 32.1 Å². The number of carbonyl (C=O) groups excluding carboxylic acids is 2. The van der Waals surface area contributed by atoms with Crippen molar-refractivity contribution in [3.63, 3.8) is 0 Å². The summed E-state index contributed by atoms with van der Waals surface area (Å²) in [6, 6.07) is 8.29. The number of fused-ring (bicyclic) bond motifs is 2. The van der Waals surface area contributed by atoms with Gasteiger partial charge in [0.2, 0.25) is 5.91 Å². The lowest BCUT2D eigenvalue weighted by atomic mass is 9.95. The van der Waals surface area contributed by atoms with E-state index in [0.717, 1.165) is 78.1 Å². The van der Waals surface area contributed by atoms with Gasteiger partial charge in [0.25, 0.3) is 0 Å². The second-order valence-electron chi connectivity index (χ2n) is 13.4. The summed E-state index contributed by atoms with van der Waals surface area (Å²) < 4.78 is 12.3. The molecule has 0 atom stereocenters. The van der Waals surface area contributed by atoms with E-state index in [-0.39, 0.29) is 17.9 Å². The van der Waals surface area contributed by atoms with E-state index >= 15 is 0 Å². The molecule has 3 saturated heterocycles. The van der Waals surface area contributed by atoms with Crippen LogP contribution >= 0.6 is 11.3 Å². The van der Waals surface area contributed by atoms with Crippen LogP contribution in [-0.2, 0) is 20.8 Å². The number of ether oxygens (including phenoxy) is 2. The van der Waals surface area contributed by atoms with E-state index in [1.807, 2.05) is 44.0 Å². The number of anilines is 1. The van der Waals surface area contributed by atoms with Crippen molar-refractivity contribution in [1.29, 1.82) is 0 Å². The number of hydrogen-bond donors (Lipinski definition) is 1. The number of H-pyrrole nitrogens is 1. The minimum Gasteiger partial charge on any atom is -0.444 e. The van der Waals surface area contributed by atoms with Gasteiger partial charge in [-0.15, -0.1) is 11.3 Å². The van der Waals surface area contributed by atoms with Gasteiger partial charge in [0.15, 0.2) is 11.6 Å². The number of amides is 2. The van der Waals surface area contributed by atoms with E-state index in [1.54, 1.807) is 16.2 Å². The minimum absolute atomic E-state index is 0.0266. The lowest BCUT2D eigenvalue weighted by Gasteiger charge is -2.38. The molecule has 3 aromatic heterocycles. The van der Waals surface area contributed by atoms with Crippen LogP contribution in [-0.4, -0.2) is 118 Å². The average Bonchev–Trinajstić information content (AvgIpc) is 3.71. The number of carbonyl (C=O) groups is 2. The summed E-state index contributed by atoms with van der Waals surface area (Å²) in [5.41, 5.74) is 2.37. The SMILES string of the molecule is CC(C)(C)OC(=O)N1CCN(C(=O)C2CCN(Cc3cc4nc(-c5cccc6[nH]ncc56)nc(N5CCOCC5)c4s3)CC2)CC1. The number of hydrogen-bond acceptors (Lipinski definition) is 10. The smallest absolute Gasteiger partial charge is 0.410 e. The number of nitrogens with one attached hydrogen (secondary N) is 1. The Morgan fingerprint density at radius 2 is 1.74 bits per heavy atom. The quantitative estimate of drug-likeness (QED) is 0.337. The number of morpholine rings is 1. The molecule has 244 valence electrons. The summed E-state index contributed by atoms with van der Waals surface area (Å²) in [6.07, 6.45) is 3.22. The number of thiophene rings is 1. The van der Waals surface area contributed by atoms with Crippen molar-refractivity contribution in [2.45, 2.75) is 45.8 Å². The molecule has 6 heterocycles. The zero-order valence-electron chi connectivity index (χ0n) is 26.8. The number of likely N-dealkylation sites (tertiary alicyclic amines) is 1. The summed E-state index contributed by atoms with van der Waals surface area (Å²) >= 11 is 1.77. The highest BCUT2D eigenvalue weighted by molar-refractivity contribution is 7.19. The van der Waals surface area contributed by atoms with Crippen molar-refractivity contribution in [3.05, 3.63) is 35.3 Å². The van der Waals surface area contributed by atoms with Crippen LogP contribution in [0.3, 0.4) is 0 Å². The minimum atomic E-state index is -0.523. The third-order valence-electron chi connectivity index (χ3n) is 9.00. The first-order chi connectivity index (χ1) is 22.2. The van der Waals surface area contributed by atoms with Crippen molar-refractivity contribution < 1.29 is 19.1 Å². The molecule has 0 aliphatic carbocycles. The average molecular weight is 647 g/mol.